The zero-order valence-corrected chi connectivity index (χ0v) is 19.2. The molecular formula is C26H29N5O3. The maximum absolute atomic E-state index is 13.1. The molecule has 0 bridgehead atoms. The molecule has 34 heavy (non-hydrogen) atoms. The van der Waals surface area contributed by atoms with Crippen LogP contribution in [-0.4, -0.2) is 64.7 Å². The van der Waals surface area contributed by atoms with Crippen LogP contribution in [0.5, 0.6) is 0 Å². The number of piperidine rings is 2. The molecule has 2 aromatic rings. The summed E-state index contributed by atoms with van der Waals surface area (Å²) in [6.07, 6.45) is 4.87. The lowest BCUT2D eigenvalue weighted by Crippen LogP contribution is -2.60. The van der Waals surface area contributed by atoms with Gasteiger partial charge in [-0.3, -0.25) is 29.6 Å². The van der Waals surface area contributed by atoms with E-state index in [4.69, 9.17) is 0 Å². The van der Waals surface area contributed by atoms with Crippen LogP contribution < -0.4 is 10.2 Å². The number of likely N-dealkylation sites (tertiary alicyclic amines) is 1. The average Bonchev–Trinajstić information content (AvgIpc) is 3.15. The van der Waals surface area contributed by atoms with Crippen molar-refractivity contribution in [2.24, 2.45) is 5.41 Å². The third-order valence-electron chi connectivity index (χ3n) is 7.98. The minimum Gasteiger partial charge on any atom is -0.370 e. The topological polar surface area (TPSA) is 85.9 Å². The van der Waals surface area contributed by atoms with Crippen molar-refractivity contribution < 1.29 is 14.4 Å². The van der Waals surface area contributed by atoms with Gasteiger partial charge >= 0.3 is 0 Å². The lowest BCUT2D eigenvalue weighted by molar-refractivity contribution is -0.136. The van der Waals surface area contributed by atoms with E-state index in [1.165, 1.54) is 12.8 Å². The minimum absolute atomic E-state index is 0.107. The number of pyridine rings is 1. The van der Waals surface area contributed by atoms with E-state index in [9.17, 15) is 14.4 Å². The molecule has 1 atom stereocenters. The molecule has 3 fully saturated rings. The normalized spacial score (nSPS) is 24.2. The second-order valence-corrected chi connectivity index (χ2v) is 10.2. The molecule has 8 nitrogen and oxygen atoms in total. The molecular weight excluding hydrogens is 430 g/mol. The van der Waals surface area contributed by atoms with E-state index >= 15 is 0 Å². The molecule has 3 saturated heterocycles. The van der Waals surface area contributed by atoms with Crippen molar-refractivity contribution in [3.63, 3.8) is 0 Å². The van der Waals surface area contributed by atoms with Gasteiger partial charge in [0.1, 0.15) is 6.04 Å². The van der Waals surface area contributed by atoms with Crippen LogP contribution in [0.25, 0.3) is 0 Å². The van der Waals surface area contributed by atoms with E-state index < -0.39 is 6.04 Å². The summed E-state index contributed by atoms with van der Waals surface area (Å²) in [6.45, 7) is 5.52. The van der Waals surface area contributed by atoms with Crippen LogP contribution in [0.4, 0.5) is 5.69 Å². The number of anilines is 1. The molecule has 1 unspecified atom stereocenters. The first-order chi connectivity index (χ1) is 16.5. The summed E-state index contributed by atoms with van der Waals surface area (Å²) < 4.78 is 0. The highest BCUT2D eigenvalue weighted by Gasteiger charge is 2.47. The fourth-order valence-corrected chi connectivity index (χ4v) is 6.02. The molecule has 0 radical (unpaired) electrons. The van der Waals surface area contributed by atoms with Crippen LogP contribution in [0.3, 0.4) is 0 Å². The molecule has 0 aliphatic carbocycles. The SMILES string of the molecule is O=C1CCC(N2Cc3c(cccc3N3CC4(CCN(Cc5ccccn5)CC4)C3)C2=O)C(=O)N1. The molecule has 4 aliphatic heterocycles. The molecule has 1 spiro atoms. The van der Waals surface area contributed by atoms with E-state index in [1.54, 1.807) is 4.90 Å². The number of aromatic nitrogens is 1. The van der Waals surface area contributed by atoms with Gasteiger partial charge in [0.2, 0.25) is 11.8 Å². The Labute approximate surface area is 198 Å². The average molecular weight is 460 g/mol. The minimum atomic E-state index is -0.573. The van der Waals surface area contributed by atoms with E-state index in [-0.39, 0.29) is 24.1 Å². The first kappa shape index (κ1) is 21.3. The van der Waals surface area contributed by atoms with Gasteiger partial charge in [-0.05, 0) is 56.6 Å². The third kappa shape index (κ3) is 3.66. The fourth-order valence-electron chi connectivity index (χ4n) is 6.02. The Bertz CT molecular complexity index is 1130. The summed E-state index contributed by atoms with van der Waals surface area (Å²) in [7, 11) is 0. The highest BCUT2D eigenvalue weighted by Crippen LogP contribution is 2.45. The van der Waals surface area contributed by atoms with Crippen molar-refractivity contribution in [1.29, 1.82) is 0 Å². The van der Waals surface area contributed by atoms with E-state index in [2.05, 4.69) is 32.2 Å². The predicted molar refractivity (Wildman–Crippen MR) is 126 cm³/mol. The van der Waals surface area contributed by atoms with Gasteiger partial charge in [-0.25, -0.2) is 0 Å². The number of nitrogens with zero attached hydrogens (tertiary/aromatic N) is 4. The Morgan fingerprint density at radius 2 is 1.85 bits per heavy atom. The molecule has 0 saturated carbocycles. The second kappa shape index (κ2) is 8.20. The van der Waals surface area contributed by atoms with Gasteiger partial charge in [0.25, 0.3) is 5.91 Å². The Kier molecular flexibility index (Phi) is 5.13. The fraction of sp³-hybridized carbons (Fsp3) is 0.462. The number of benzene rings is 1. The summed E-state index contributed by atoms with van der Waals surface area (Å²) in [6, 6.07) is 11.4. The monoisotopic (exact) mass is 459 g/mol. The van der Waals surface area contributed by atoms with Gasteiger partial charge in [-0.2, -0.15) is 0 Å². The molecule has 1 aromatic heterocycles. The summed E-state index contributed by atoms with van der Waals surface area (Å²) in [5.74, 6) is -0.730. The zero-order chi connectivity index (χ0) is 23.3. The van der Waals surface area contributed by atoms with Gasteiger partial charge in [-0.1, -0.05) is 12.1 Å². The largest absolute Gasteiger partial charge is 0.370 e. The summed E-state index contributed by atoms with van der Waals surface area (Å²) >= 11 is 0. The number of carbonyl (C=O) groups excluding carboxylic acids is 3. The number of hydrogen-bond donors (Lipinski definition) is 1. The van der Waals surface area contributed by atoms with Crippen molar-refractivity contribution in [3.05, 3.63) is 59.4 Å². The van der Waals surface area contributed by atoms with Gasteiger partial charge in [0, 0.05) is 61.0 Å². The lowest BCUT2D eigenvalue weighted by atomic mass is 9.71. The van der Waals surface area contributed by atoms with E-state index in [0.717, 1.165) is 49.7 Å². The number of nitrogens with one attached hydrogen (secondary N) is 1. The van der Waals surface area contributed by atoms with Crippen molar-refractivity contribution >= 4 is 23.4 Å². The van der Waals surface area contributed by atoms with Crippen LogP contribution in [0.1, 0.15) is 47.3 Å². The number of carbonyl (C=O) groups is 3. The number of hydrogen-bond acceptors (Lipinski definition) is 6. The van der Waals surface area contributed by atoms with Gasteiger partial charge in [-0.15, -0.1) is 0 Å². The predicted octanol–water partition coefficient (Wildman–Crippen LogP) is 1.95. The first-order valence-electron chi connectivity index (χ1n) is 12.2. The third-order valence-corrected chi connectivity index (χ3v) is 7.98. The molecule has 3 amide bonds. The Morgan fingerprint density at radius 3 is 2.59 bits per heavy atom. The number of fused-ring (bicyclic) bond motifs is 1. The number of rotatable bonds is 4. The van der Waals surface area contributed by atoms with Gasteiger partial charge in [0.05, 0.1) is 5.69 Å². The summed E-state index contributed by atoms with van der Waals surface area (Å²) in [5.41, 5.74) is 4.28. The van der Waals surface area contributed by atoms with E-state index in [0.29, 0.717) is 23.9 Å². The lowest BCUT2D eigenvalue weighted by Gasteiger charge is -2.55. The quantitative estimate of drug-likeness (QED) is 0.704. The van der Waals surface area contributed by atoms with Crippen LogP contribution >= 0.6 is 0 Å². The Balaban J connectivity index is 1.11. The molecule has 6 rings (SSSR count). The maximum Gasteiger partial charge on any atom is 0.255 e. The van der Waals surface area contributed by atoms with Gasteiger partial charge in [0.15, 0.2) is 0 Å². The van der Waals surface area contributed by atoms with Crippen LogP contribution in [0.2, 0.25) is 0 Å². The van der Waals surface area contributed by atoms with Crippen molar-refractivity contribution in [1.82, 2.24) is 20.1 Å². The van der Waals surface area contributed by atoms with Gasteiger partial charge < -0.3 is 9.80 Å². The van der Waals surface area contributed by atoms with Crippen LogP contribution in [0.15, 0.2) is 42.6 Å². The smallest absolute Gasteiger partial charge is 0.255 e. The highest BCUT2D eigenvalue weighted by atomic mass is 16.2. The molecule has 176 valence electrons. The molecule has 1 N–H and O–H groups in total. The van der Waals surface area contributed by atoms with Crippen molar-refractivity contribution in [2.75, 3.05) is 31.1 Å². The second-order valence-electron chi connectivity index (χ2n) is 10.2. The Hall–Kier alpha value is -3.26. The van der Waals surface area contributed by atoms with E-state index in [1.807, 2.05) is 30.5 Å². The summed E-state index contributed by atoms with van der Waals surface area (Å²) in [5, 5.41) is 2.38. The standard InChI is InChI=1S/C26H29N5O3/c32-23-8-7-22(24(33)28-23)31-15-20-19(25(31)34)5-3-6-21(20)30-16-26(17-30)9-12-29(13-10-26)14-18-4-1-2-11-27-18/h1-6,11,22H,7-10,12-17H2,(H,28,32,33). The number of amides is 3. The van der Waals surface area contributed by atoms with Crippen LogP contribution in [-0.2, 0) is 22.7 Å². The molecule has 1 aromatic carbocycles. The maximum atomic E-state index is 13.1. The molecule has 5 heterocycles. The number of imide groups is 1. The van der Waals surface area contributed by atoms with Crippen molar-refractivity contribution in [3.8, 4) is 0 Å². The zero-order valence-electron chi connectivity index (χ0n) is 19.2. The Morgan fingerprint density at radius 1 is 1.03 bits per heavy atom. The summed E-state index contributed by atoms with van der Waals surface area (Å²) in [4.78, 5) is 48.0. The van der Waals surface area contributed by atoms with Crippen LogP contribution in [0, 0.1) is 5.41 Å². The molecule has 4 aliphatic rings. The van der Waals surface area contributed by atoms with Crippen molar-refractivity contribution in [2.45, 2.75) is 44.8 Å². The first-order valence-corrected chi connectivity index (χ1v) is 12.2. The highest BCUT2D eigenvalue weighted by molar-refractivity contribution is 6.06. The molecule has 8 heteroatoms.